The number of aromatic amines is 2. The maximum absolute atomic E-state index is 14.3. The van der Waals surface area contributed by atoms with E-state index in [9.17, 15) is 9.18 Å². The van der Waals surface area contributed by atoms with Crippen LogP contribution in [0.1, 0.15) is 33.2 Å². The van der Waals surface area contributed by atoms with Gasteiger partial charge in [0.2, 0.25) is 0 Å². The molecule has 0 radical (unpaired) electrons. The lowest BCUT2D eigenvalue weighted by Gasteiger charge is -2.35. The molecular formula is C29H26FN3O3. The normalized spacial score (nSPS) is 15.8. The molecule has 5 aromatic rings. The first-order valence-corrected chi connectivity index (χ1v) is 11.9. The van der Waals surface area contributed by atoms with E-state index in [2.05, 4.69) is 14.9 Å². The molecule has 0 spiro atoms. The minimum atomic E-state index is -0.526. The molecule has 2 aromatic heterocycles. The molecule has 3 heterocycles. The quantitative estimate of drug-likeness (QED) is 0.300. The smallest absolute Gasteiger partial charge is 0.188 e. The van der Waals surface area contributed by atoms with Gasteiger partial charge < -0.3 is 19.4 Å². The monoisotopic (exact) mass is 483 g/mol. The molecule has 182 valence electrons. The number of halogens is 1. The Morgan fingerprint density at radius 3 is 2.39 bits per heavy atom. The van der Waals surface area contributed by atoms with Gasteiger partial charge in [0, 0.05) is 52.3 Å². The molecule has 1 aliphatic heterocycles. The molecule has 0 saturated carbocycles. The maximum atomic E-state index is 14.3. The molecule has 1 aliphatic rings. The Hall–Kier alpha value is -4.10. The van der Waals surface area contributed by atoms with Gasteiger partial charge in [0.05, 0.1) is 14.2 Å². The standard InChI is InChI=1S/C29H26FN3O3/c1-35-19-7-9-25-23(14-19)24(15-31-25)29(34)28-27-21(22-13-20(36-2)8-10-26(22)32-27)11-12-33(28)16-17-3-5-18(30)6-4-17/h3-10,13-15,28,31-32H,11-12,16H2,1-2H3. The van der Waals surface area contributed by atoms with Crippen LogP contribution in [-0.4, -0.2) is 41.4 Å². The summed E-state index contributed by atoms with van der Waals surface area (Å²) in [5.41, 5.74) is 5.45. The Bertz CT molecular complexity index is 1590. The lowest BCUT2D eigenvalue weighted by Crippen LogP contribution is -2.39. The van der Waals surface area contributed by atoms with E-state index in [0.717, 1.165) is 50.8 Å². The van der Waals surface area contributed by atoms with Gasteiger partial charge in [-0.15, -0.1) is 0 Å². The minimum absolute atomic E-state index is 0.00362. The second kappa shape index (κ2) is 8.84. The summed E-state index contributed by atoms with van der Waals surface area (Å²) in [6.45, 7) is 1.22. The number of hydrogen-bond acceptors (Lipinski definition) is 4. The van der Waals surface area contributed by atoms with E-state index in [1.165, 1.54) is 12.1 Å². The van der Waals surface area contributed by atoms with E-state index >= 15 is 0 Å². The number of Topliss-reactive ketones (excluding diaryl/α,β-unsaturated/α-hetero) is 1. The van der Waals surface area contributed by atoms with Crippen LogP contribution >= 0.6 is 0 Å². The van der Waals surface area contributed by atoms with Gasteiger partial charge >= 0.3 is 0 Å². The number of nitrogens with zero attached hydrogens (tertiary/aromatic N) is 1. The van der Waals surface area contributed by atoms with Crippen LogP contribution in [0.5, 0.6) is 11.5 Å². The van der Waals surface area contributed by atoms with E-state index in [4.69, 9.17) is 9.47 Å². The van der Waals surface area contributed by atoms with E-state index in [-0.39, 0.29) is 11.6 Å². The van der Waals surface area contributed by atoms with Crippen LogP contribution in [0.15, 0.2) is 66.9 Å². The molecule has 0 saturated heterocycles. The van der Waals surface area contributed by atoms with E-state index in [1.807, 2.05) is 36.4 Å². The van der Waals surface area contributed by atoms with Crippen molar-refractivity contribution in [3.05, 3.63) is 95.1 Å². The van der Waals surface area contributed by atoms with Crippen LogP contribution in [0.4, 0.5) is 4.39 Å². The van der Waals surface area contributed by atoms with Crippen molar-refractivity contribution in [1.82, 2.24) is 14.9 Å². The third-order valence-electron chi connectivity index (χ3n) is 7.14. The highest BCUT2D eigenvalue weighted by molar-refractivity contribution is 6.11. The molecule has 1 unspecified atom stereocenters. The molecule has 1 atom stereocenters. The molecule has 0 bridgehead atoms. The molecule has 36 heavy (non-hydrogen) atoms. The first-order valence-electron chi connectivity index (χ1n) is 11.9. The first-order chi connectivity index (χ1) is 17.6. The van der Waals surface area contributed by atoms with Crippen molar-refractivity contribution >= 4 is 27.6 Å². The molecule has 0 aliphatic carbocycles. The summed E-state index contributed by atoms with van der Waals surface area (Å²) >= 11 is 0. The van der Waals surface area contributed by atoms with E-state index in [0.29, 0.717) is 24.4 Å². The minimum Gasteiger partial charge on any atom is -0.497 e. The SMILES string of the molecule is COc1ccc2[nH]cc(C(=O)C3c4[nH]c5ccc(OC)cc5c4CCN3Cc3ccc(F)cc3)c2c1. The van der Waals surface area contributed by atoms with E-state index in [1.54, 1.807) is 32.5 Å². The fourth-order valence-corrected chi connectivity index (χ4v) is 5.31. The Labute approximate surface area is 207 Å². The number of carbonyl (C=O) groups excluding carboxylic acids is 1. The number of fused-ring (bicyclic) bond motifs is 4. The highest BCUT2D eigenvalue weighted by Gasteiger charge is 2.37. The third kappa shape index (κ3) is 3.72. The van der Waals surface area contributed by atoms with Crippen molar-refractivity contribution < 1.29 is 18.7 Å². The Morgan fingerprint density at radius 2 is 1.67 bits per heavy atom. The van der Waals surface area contributed by atoms with Crippen LogP contribution < -0.4 is 9.47 Å². The number of nitrogens with one attached hydrogen (secondary N) is 2. The Morgan fingerprint density at radius 1 is 0.972 bits per heavy atom. The summed E-state index contributed by atoms with van der Waals surface area (Å²) in [5, 5.41) is 1.90. The molecule has 6 rings (SSSR count). The summed E-state index contributed by atoms with van der Waals surface area (Å²) < 4.78 is 24.4. The summed E-state index contributed by atoms with van der Waals surface area (Å²) in [5.74, 6) is 1.20. The zero-order chi connectivity index (χ0) is 24.8. The Balaban J connectivity index is 1.48. The third-order valence-corrected chi connectivity index (χ3v) is 7.14. The lowest BCUT2D eigenvalue weighted by molar-refractivity contribution is 0.0783. The van der Waals surface area contributed by atoms with Gasteiger partial charge in [-0.1, -0.05) is 12.1 Å². The number of hydrogen-bond donors (Lipinski definition) is 2. The van der Waals surface area contributed by atoms with Crippen molar-refractivity contribution in [3.63, 3.8) is 0 Å². The molecule has 2 N–H and O–H groups in total. The number of ether oxygens (including phenoxy) is 2. The van der Waals surface area contributed by atoms with Crippen LogP contribution in [0.2, 0.25) is 0 Å². The summed E-state index contributed by atoms with van der Waals surface area (Å²) in [4.78, 5) is 23.2. The fourth-order valence-electron chi connectivity index (χ4n) is 5.31. The van der Waals surface area contributed by atoms with Gasteiger partial charge in [-0.3, -0.25) is 9.69 Å². The zero-order valence-electron chi connectivity index (χ0n) is 20.1. The summed E-state index contributed by atoms with van der Waals surface area (Å²) in [6, 6.07) is 17.6. The molecular weight excluding hydrogens is 457 g/mol. The maximum Gasteiger partial charge on any atom is 0.188 e. The number of H-pyrrole nitrogens is 2. The van der Waals surface area contributed by atoms with Crippen molar-refractivity contribution in [2.75, 3.05) is 20.8 Å². The van der Waals surface area contributed by atoms with Gasteiger partial charge in [-0.2, -0.15) is 0 Å². The largest absolute Gasteiger partial charge is 0.497 e. The number of rotatable bonds is 6. The average molecular weight is 484 g/mol. The van der Waals surface area contributed by atoms with Crippen molar-refractivity contribution in [1.29, 1.82) is 0 Å². The van der Waals surface area contributed by atoms with Crippen LogP contribution in [0.25, 0.3) is 21.8 Å². The van der Waals surface area contributed by atoms with Crippen LogP contribution in [0.3, 0.4) is 0 Å². The fraction of sp³-hybridized carbons (Fsp3) is 0.207. The van der Waals surface area contributed by atoms with Crippen LogP contribution in [0, 0.1) is 5.82 Å². The molecule has 0 fully saturated rings. The molecule has 7 heteroatoms. The first kappa shape index (κ1) is 22.4. The van der Waals surface area contributed by atoms with Gasteiger partial charge in [0.15, 0.2) is 5.78 Å². The van der Waals surface area contributed by atoms with Crippen molar-refractivity contribution in [2.45, 2.75) is 19.0 Å². The van der Waals surface area contributed by atoms with Crippen molar-refractivity contribution in [2.24, 2.45) is 0 Å². The van der Waals surface area contributed by atoms with E-state index < -0.39 is 6.04 Å². The molecule has 3 aromatic carbocycles. The van der Waals surface area contributed by atoms with Crippen molar-refractivity contribution in [3.8, 4) is 11.5 Å². The molecule has 6 nitrogen and oxygen atoms in total. The highest BCUT2D eigenvalue weighted by atomic mass is 19.1. The topological polar surface area (TPSA) is 70.3 Å². The summed E-state index contributed by atoms with van der Waals surface area (Å²) in [6.07, 6.45) is 2.57. The average Bonchev–Trinajstić information content (AvgIpc) is 3.50. The van der Waals surface area contributed by atoms with Crippen LogP contribution in [-0.2, 0) is 13.0 Å². The number of aromatic nitrogens is 2. The second-order valence-corrected chi connectivity index (χ2v) is 9.16. The number of methoxy groups -OCH3 is 2. The number of carbonyl (C=O) groups is 1. The number of benzene rings is 3. The Kier molecular flexibility index (Phi) is 5.49. The van der Waals surface area contributed by atoms with Gasteiger partial charge in [0.1, 0.15) is 23.4 Å². The zero-order valence-corrected chi connectivity index (χ0v) is 20.1. The number of ketones is 1. The lowest BCUT2D eigenvalue weighted by atomic mass is 9.91. The van der Waals surface area contributed by atoms with Gasteiger partial charge in [-0.25, -0.2) is 4.39 Å². The molecule has 0 amide bonds. The summed E-state index contributed by atoms with van der Waals surface area (Å²) in [7, 11) is 3.27. The van der Waals surface area contributed by atoms with Gasteiger partial charge in [-0.05, 0) is 66.1 Å². The predicted molar refractivity (Wildman–Crippen MR) is 137 cm³/mol. The highest BCUT2D eigenvalue weighted by Crippen LogP contribution is 2.39. The van der Waals surface area contributed by atoms with Gasteiger partial charge in [0.25, 0.3) is 0 Å². The predicted octanol–water partition coefficient (Wildman–Crippen LogP) is 5.79. The second-order valence-electron chi connectivity index (χ2n) is 9.16.